The van der Waals surface area contributed by atoms with E-state index in [1.165, 1.54) is 23.8 Å². The minimum atomic E-state index is -4.56. The normalized spacial score (nSPS) is 14.0. The number of nitrogens with two attached hydrogens (primary N) is 1. The lowest BCUT2D eigenvalue weighted by Crippen LogP contribution is -2.23. The Kier molecular flexibility index (Phi) is 4.81. The molecule has 1 aromatic carbocycles. The van der Waals surface area contributed by atoms with Gasteiger partial charge in [-0.05, 0) is 31.5 Å². The van der Waals surface area contributed by atoms with Crippen molar-refractivity contribution in [3.63, 3.8) is 0 Å². The van der Waals surface area contributed by atoms with E-state index < -0.39 is 18.4 Å². The minimum Gasteiger partial charge on any atom is -0.455 e. The molecule has 0 fully saturated rings. The first-order valence-electron chi connectivity index (χ1n) is 9.02. The number of fused-ring (bicyclic) bond motifs is 1. The maximum absolute atomic E-state index is 12.7. The second kappa shape index (κ2) is 7.23. The van der Waals surface area contributed by atoms with Gasteiger partial charge in [0.05, 0.1) is 11.0 Å². The molecule has 4 aromatic rings. The second-order valence-electron chi connectivity index (χ2n) is 7.01. The summed E-state index contributed by atoms with van der Waals surface area (Å²) in [7, 11) is 0. The third-order valence-electron chi connectivity index (χ3n) is 4.57. The van der Waals surface area contributed by atoms with Crippen LogP contribution in [0.5, 0.6) is 6.01 Å². The van der Waals surface area contributed by atoms with Crippen LogP contribution in [-0.2, 0) is 5.60 Å². The smallest absolute Gasteiger partial charge is 0.422 e. The summed E-state index contributed by atoms with van der Waals surface area (Å²) in [6.45, 7) is 1.67. The number of aliphatic hydroxyl groups is 1. The first-order chi connectivity index (χ1) is 14.5. The molecule has 4 rings (SSSR count). The molecule has 3 heterocycles. The average Bonchev–Trinajstić information content (AvgIpc) is 3.29. The number of hydrogen-bond donors (Lipinski definition) is 2. The van der Waals surface area contributed by atoms with E-state index in [1.807, 2.05) is 0 Å². The molecule has 3 N–H and O–H groups in total. The van der Waals surface area contributed by atoms with Crippen molar-refractivity contribution in [3.8, 4) is 11.8 Å². The van der Waals surface area contributed by atoms with Crippen molar-refractivity contribution in [2.45, 2.75) is 25.6 Å². The van der Waals surface area contributed by atoms with E-state index in [9.17, 15) is 18.3 Å². The van der Waals surface area contributed by atoms with Crippen LogP contribution in [0, 0.1) is 6.92 Å². The van der Waals surface area contributed by atoms with Gasteiger partial charge in [0.2, 0.25) is 5.95 Å². The Morgan fingerprint density at radius 2 is 1.97 bits per heavy atom. The highest BCUT2D eigenvalue weighted by molar-refractivity contribution is 5.80. The van der Waals surface area contributed by atoms with Crippen molar-refractivity contribution < 1.29 is 27.5 Å². The van der Waals surface area contributed by atoms with E-state index in [-0.39, 0.29) is 23.5 Å². The van der Waals surface area contributed by atoms with Crippen LogP contribution < -0.4 is 10.5 Å². The minimum absolute atomic E-state index is 0.0812. The highest BCUT2D eigenvalue weighted by Gasteiger charge is 2.32. The molecule has 12 heteroatoms. The van der Waals surface area contributed by atoms with Gasteiger partial charge in [-0.1, -0.05) is 11.2 Å². The molecule has 0 aliphatic heterocycles. The van der Waals surface area contributed by atoms with Gasteiger partial charge in [0.25, 0.3) is 0 Å². The molecule has 0 aliphatic carbocycles. The van der Waals surface area contributed by atoms with Crippen molar-refractivity contribution >= 4 is 17.0 Å². The van der Waals surface area contributed by atoms with Gasteiger partial charge in [-0.15, -0.1) is 0 Å². The van der Waals surface area contributed by atoms with Gasteiger partial charge in [0.1, 0.15) is 22.9 Å². The molecule has 9 nitrogen and oxygen atoms in total. The van der Waals surface area contributed by atoms with Crippen LogP contribution in [0.25, 0.3) is 16.9 Å². The molecule has 31 heavy (non-hydrogen) atoms. The molecule has 0 saturated carbocycles. The highest BCUT2D eigenvalue weighted by Crippen LogP contribution is 2.33. The molecular formula is C19H17F3N6O3. The number of ether oxygens (including phenoxy) is 1. The molecule has 0 radical (unpaired) electrons. The summed E-state index contributed by atoms with van der Waals surface area (Å²) in [6.07, 6.45) is -3.21. The van der Waals surface area contributed by atoms with E-state index in [1.54, 1.807) is 31.2 Å². The van der Waals surface area contributed by atoms with Gasteiger partial charge in [-0.25, -0.2) is 9.55 Å². The quantitative estimate of drug-likeness (QED) is 0.491. The summed E-state index contributed by atoms with van der Waals surface area (Å²) in [5.74, 6) is 0.587. The van der Waals surface area contributed by atoms with Crippen LogP contribution in [0.1, 0.15) is 23.9 Å². The zero-order valence-corrected chi connectivity index (χ0v) is 16.4. The third kappa shape index (κ3) is 4.01. The lowest BCUT2D eigenvalue weighted by atomic mass is 9.92. The molecule has 162 valence electrons. The largest absolute Gasteiger partial charge is 0.455 e. The molecule has 0 bridgehead atoms. The third-order valence-corrected chi connectivity index (χ3v) is 4.57. The maximum atomic E-state index is 12.7. The summed E-state index contributed by atoms with van der Waals surface area (Å²) < 4.78 is 49.5. The van der Waals surface area contributed by atoms with Crippen molar-refractivity contribution in [2.75, 3.05) is 12.3 Å². The van der Waals surface area contributed by atoms with Crippen molar-refractivity contribution in [1.82, 2.24) is 24.7 Å². The van der Waals surface area contributed by atoms with Crippen LogP contribution >= 0.6 is 0 Å². The fraction of sp³-hybridized carbons (Fsp3) is 0.263. The predicted molar refractivity (Wildman–Crippen MR) is 103 cm³/mol. The molecule has 1 unspecified atom stereocenters. The Labute approximate surface area is 173 Å². The molecule has 0 spiro atoms. The van der Waals surface area contributed by atoms with E-state index in [0.717, 1.165) is 0 Å². The van der Waals surface area contributed by atoms with Crippen LogP contribution in [-0.4, -0.2) is 42.6 Å². The first-order valence-corrected chi connectivity index (χ1v) is 9.02. The number of nitrogens with zero attached hydrogens (tertiary/aromatic N) is 5. The average molecular weight is 434 g/mol. The van der Waals surface area contributed by atoms with Gasteiger partial charge in [0.15, 0.2) is 6.61 Å². The highest BCUT2D eigenvalue weighted by atomic mass is 19.4. The predicted octanol–water partition coefficient (Wildman–Crippen LogP) is 2.89. The van der Waals surface area contributed by atoms with Crippen LogP contribution in [0.2, 0.25) is 0 Å². The Bertz CT molecular complexity index is 1250. The van der Waals surface area contributed by atoms with E-state index in [2.05, 4.69) is 20.1 Å². The van der Waals surface area contributed by atoms with Gasteiger partial charge < -0.3 is 20.1 Å². The number of aromatic nitrogens is 5. The Balaban J connectivity index is 1.88. The zero-order chi connectivity index (χ0) is 22.4. The summed E-state index contributed by atoms with van der Waals surface area (Å²) >= 11 is 0. The van der Waals surface area contributed by atoms with Gasteiger partial charge in [-0.2, -0.15) is 23.1 Å². The number of imidazole rings is 1. The molecule has 0 aliphatic rings. The van der Waals surface area contributed by atoms with Crippen molar-refractivity contribution in [3.05, 3.63) is 53.5 Å². The Hall–Kier alpha value is -3.67. The SMILES string of the molecule is Cc1cc(C(C)(O)c2ccc3nc(OCC(F)(F)F)n(-c4ccnc(N)n4)c3c2)no1. The van der Waals surface area contributed by atoms with Crippen molar-refractivity contribution in [2.24, 2.45) is 0 Å². The van der Waals surface area contributed by atoms with Crippen LogP contribution in [0.4, 0.5) is 19.1 Å². The Morgan fingerprint density at radius 1 is 1.19 bits per heavy atom. The first kappa shape index (κ1) is 20.6. The lowest BCUT2D eigenvalue weighted by molar-refractivity contribution is -0.154. The number of nitrogen functional groups attached to an aromatic ring is 1. The van der Waals surface area contributed by atoms with Gasteiger partial charge in [-0.3, -0.25) is 0 Å². The number of alkyl halides is 3. The maximum Gasteiger partial charge on any atom is 0.422 e. The molecule has 1 atom stereocenters. The van der Waals surface area contributed by atoms with Crippen molar-refractivity contribution in [1.29, 1.82) is 0 Å². The van der Waals surface area contributed by atoms with E-state index >= 15 is 0 Å². The van der Waals surface area contributed by atoms with E-state index in [0.29, 0.717) is 22.4 Å². The lowest BCUT2D eigenvalue weighted by Gasteiger charge is -2.21. The number of halogens is 3. The number of hydrogen-bond acceptors (Lipinski definition) is 8. The zero-order valence-electron chi connectivity index (χ0n) is 16.4. The fourth-order valence-corrected chi connectivity index (χ4v) is 3.05. The monoisotopic (exact) mass is 434 g/mol. The van der Waals surface area contributed by atoms with E-state index in [4.69, 9.17) is 15.0 Å². The number of anilines is 1. The standard InChI is InChI=1S/C19H17F3N6O3/c1-10-7-14(27-31-10)18(2,29)11-3-4-12-13(8-11)28(15-5-6-24-16(23)26-15)17(25-12)30-9-19(20,21)22/h3-8,29H,9H2,1-2H3,(H2,23,24,26). The summed E-state index contributed by atoms with van der Waals surface area (Å²) in [5, 5.41) is 14.9. The van der Waals surface area contributed by atoms with Gasteiger partial charge in [0, 0.05) is 18.3 Å². The second-order valence-corrected chi connectivity index (χ2v) is 7.01. The Morgan fingerprint density at radius 3 is 2.61 bits per heavy atom. The summed E-state index contributed by atoms with van der Waals surface area (Å²) in [5.41, 5.74) is 5.44. The summed E-state index contributed by atoms with van der Waals surface area (Å²) in [6, 6.07) is 7.40. The topological polar surface area (TPSA) is 125 Å². The molecule has 0 saturated heterocycles. The van der Waals surface area contributed by atoms with Crippen LogP contribution in [0.15, 0.2) is 41.1 Å². The van der Waals surface area contributed by atoms with Gasteiger partial charge >= 0.3 is 12.2 Å². The molecule has 3 aromatic heterocycles. The summed E-state index contributed by atoms with van der Waals surface area (Å²) in [4.78, 5) is 12.0. The van der Waals surface area contributed by atoms with Crippen LogP contribution in [0.3, 0.4) is 0 Å². The fourth-order valence-electron chi connectivity index (χ4n) is 3.05. The number of benzene rings is 1. The molecular weight excluding hydrogens is 417 g/mol. The molecule has 0 amide bonds. The number of rotatable bonds is 5. The number of aryl methyl sites for hydroxylation is 1.